The molecule has 1 aliphatic rings. The number of hydrogen-bond acceptors (Lipinski definition) is 1. The van der Waals surface area contributed by atoms with Gasteiger partial charge < -0.3 is 0 Å². The summed E-state index contributed by atoms with van der Waals surface area (Å²) in [6, 6.07) is 17.2. The molecule has 0 spiro atoms. The molecule has 0 unspecified atom stereocenters. The van der Waals surface area contributed by atoms with Gasteiger partial charge in [0.05, 0.1) is 0 Å². The molecule has 0 fully saturated rings. The molecule has 0 saturated heterocycles. The first kappa shape index (κ1) is 11.8. The standard InChI is InChI=1S/C16H16OSe/c1-12-6-5-7-13-10-14(17-16(12)13)11-18-15-8-3-2-4-9-15/h2-9,14H,10-11H2,1H3/t14-/m0/s1. The van der Waals surface area contributed by atoms with Gasteiger partial charge in [0.2, 0.25) is 0 Å². The predicted molar refractivity (Wildman–Crippen MR) is 75.9 cm³/mol. The van der Waals surface area contributed by atoms with Crippen LogP contribution >= 0.6 is 0 Å². The Balaban J connectivity index is 1.63. The molecule has 0 aliphatic carbocycles. The van der Waals surface area contributed by atoms with Crippen molar-refractivity contribution in [2.45, 2.75) is 24.8 Å². The zero-order valence-electron chi connectivity index (χ0n) is 10.4. The van der Waals surface area contributed by atoms with Crippen molar-refractivity contribution in [1.82, 2.24) is 0 Å². The topological polar surface area (TPSA) is 9.23 Å². The Hall–Kier alpha value is -1.24. The predicted octanol–water partition coefficient (Wildman–Crippen LogP) is 2.75. The molecular weight excluding hydrogens is 287 g/mol. The summed E-state index contributed by atoms with van der Waals surface area (Å²) < 4.78 is 7.53. The van der Waals surface area contributed by atoms with Gasteiger partial charge in [-0.2, -0.15) is 0 Å². The molecule has 3 rings (SSSR count). The first-order chi connectivity index (χ1) is 8.83. The second kappa shape index (κ2) is 5.17. The number of rotatable bonds is 3. The van der Waals surface area contributed by atoms with E-state index in [2.05, 4.69) is 55.5 Å². The van der Waals surface area contributed by atoms with Crippen molar-refractivity contribution in [2.75, 3.05) is 0 Å². The van der Waals surface area contributed by atoms with Crippen LogP contribution in [0, 0.1) is 6.92 Å². The van der Waals surface area contributed by atoms with Gasteiger partial charge in [0.15, 0.2) is 0 Å². The maximum atomic E-state index is 6.08. The SMILES string of the molecule is Cc1cccc2c1O[C@H](C[Se]c1ccccc1)C2. The number of fused-ring (bicyclic) bond motifs is 1. The van der Waals surface area contributed by atoms with Crippen molar-refractivity contribution in [3.05, 3.63) is 59.7 Å². The van der Waals surface area contributed by atoms with Crippen LogP contribution in [-0.4, -0.2) is 21.1 Å². The molecule has 1 nitrogen and oxygen atoms in total. The Kier molecular flexibility index (Phi) is 3.40. The summed E-state index contributed by atoms with van der Waals surface area (Å²) in [4.78, 5) is 0. The zero-order valence-corrected chi connectivity index (χ0v) is 12.1. The van der Waals surface area contributed by atoms with Crippen molar-refractivity contribution in [3.8, 4) is 5.75 Å². The van der Waals surface area contributed by atoms with E-state index in [0.717, 1.165) is 17.5 Å². The van der Waals surface area contributed by atoms with Gasteiger partial charge in [-0.15, -0.1) is 0 Å². The number of aryl methyl sites for hydroxylation is 1. The Morgan fingerprint density at radius 1 is 1.11 bits per heavy atom. The Labute approximate surface area is 114 Å². The molecule has 2 aromatic rings. The number of para-hydroxylation sites is 1. The molecule has 0 radical (unpaired) electrons. The van der Waals surface area contributed by atoms with Gasteiger partial charge in [-0.3, -0.25) is 0 Å². The summed E-state index contributed by atoms with van der Waals surface area (Å²) in [5.41, 5.74) is 2.64. The minimum atomic E-state index is 0.376. The first-order valence-electron chi connectivity index (χ1n) is 6.26. The summed E-state index contributed by atoms with van der Waals surface area (Å²) >= 11 is 0.516. The minimum absolute atomic E-state index is 0.376. The van der Waals surface area contributed by atoms with Crippen LogP contribution in [0.1, 0.15) is 11.1 Å². The van der Waals surface area contributed by atoms with Crippen LogP contribution in [0.5, 0.6) is 5.75 Å². The molecule has 0 N–H and O–H groups in total. The van der Waals surface area contributed by atoms with Gasteiger partial charge in [0.1, 0.15) is 0 Å². The second-order valence-electron chi connectivity index (χ2n) is 4.63. The van der Waals surface area contributed by atoms with Crippen LogP contribution in [0.15, 0.2) is 48.5 Å². The van der Waals surface area contributed by atoms with E-state index < -0.39 is 0 Å². The molecule has 0 saturated carbocycles. The molecule has 18 heavy (non-hydrogen) atoms. The third kappa shape index (κ3) is 2.45. The summed E-state index contributed by atoms with van der Waals surface area (Å²) in [6.45, 7) is 2.13. The van der Waals surface area contributed by atoms with Crippen LogP contribution in [0.2, 0.25) is 5.32 Å². The van der Waals surface area contributed by atoms with Crippen molar-refractivity contribution in [2.24, 2.45) is 0 Å². The summed E-state index contributed by atoms with van der Waals surface area (Å²) in [7, 11) is 0. The fourth-order valence-corrected chi connectivity index (χ4v) is 4.21. The molecule has 1 heterocycles. The van der Waals surface area contributed by atoms with Crippen LogP contribution in [0.25, 0.3) is 0 Å². The molecule has 1 aliphatic heterocycles. The van der Waals surface area contributed by atoms with E-state index in [9.17, 15) is 0 Å². The summed E-state index contributed by atoms with van der Waals surface area (Å²) in [6.07, 6.45) is 1.45. The van der Waals surface area contributed by atoms with Gasteiger partial charge in [-0.25, -0.2) is 0 Å². The van der Waals surface area contributed by atoms with Gasteiger partial charge in [-0.1, -0.05) is 0 Å². The van der Waals surface area contributed by atoms with E-state index in [1.165, 1.54) is 15.6 Å². The Bertz CT molecular complexity index is 536. The average molecular weight is 303 g/mol. The fraction of sp³-hybridized carbons (Fsp3) is 0.250. The number of benzene rings is 2. The molecule has 0 aromatic heterocycles. The third-order valence-corrected chi connectivity index (χ3v) is 5.60. The van der Waals surface area contributed by atoms with Gasteiger partial charge >= 0.3 is 114 Å². The van der Waals surface area contributed by atoms with Gasteiger partial charge in [0, 0.05) is 0 Å². The van der Waals surface area contributed by atoms with Crippen molar-refractivity contribution >= 4 is 19.4 Å². The maximum absolute atomic E-state index is 6.08. The first-order valence-corrected chi connectivity index (χ1v) is 8.33. The molecule has 0 amide bonds. The van der Waals surface area contributed by atoms with Crippen molar-refractivity contribution in [1.29, 1.82) is 0 Å². The summed E-state index contributed by atoms with van der Waals surface area (Å²) in [5, 5.41) is 1.16. The molecule has 1 atom stereocenters. The van der Waals surface area contributed by atoms with E-state index in [-0.39, 0.29) is 0 Å². The van der Waals surface area contributed by atoms with E-state index in [1.807, 2.05) is 0 Å². The van der Waals surface area contributed by atoms with E-state index in [4.69, 9.17) is 4.74 Å². The average Bonchev–Trinajstić information content (AvgIpc) is 2.82. The van der Waals surface area contributed by atoms with E-state index in [0.29, 0.717) is 21.1 Å². The van der Waals surface area contributed by atoms with Gasteiger partial charge in [-0.05, 0) is 0 Å². The number of hydrogen-bond donors (Lipinski definition) is 0. The second-order valence-corrected chi connectivity index (χ2v) is 6.93. The zero-order chi connectivity index (χ0) is 12.4. The normalized spacial score (nSPS) is 17.3. The third-order valence-electron chi connectivity index (χ3n) is 3.20. The Morgan fingerprint density at radius 2 is 1.94 bits per heavy atom. The Morgan fingerprint density at radius 3 is 2.72 bits per heavy atom. The van der Waals surface area contributed by atoms with Crippen molar-refractivity contribution in [3.63, 3.8) is 0 Å². The van der Waals surface area contributed by atoms with Crippen LogP contribution in [0.4, 0.5) is 0 Å². The van der Waals surface area contributed by atoms with E-state index >= 15 is 0 Å². The van der Waals surface area contributed by atoms with E-state index in [1.54, 1.807) is 0 Å². The fourth-order valence-electron chi connectivity index (χ4n) is 2.30. The van der Waals surface area contributed by atoms with Gasteiger partial charge in [0.25, 0.3) is 0 Å². The number of ether oxygens (including phenoxy) is 1. The quantitative estimate of drug-likeness (QED) is 0.792. The van der Waals surface area contributed by atoms with Crippen LogP contribution in [-0.2, 0) is 6.42 Å². The molecule has 2 heteroatoms. The molecular formula is C16H16OSe. The molecule has 0 bridgehead atoms. The summed E-state index contributed by atoms with van der Waals surface area (Å²) in [5.74, 6) is 1.13. The molecule has 2 aromatic carbocycles. The van der Waals surface area contributed by atoms with Crippen LogP contribution < -0.4 is 9.20 Å². The monoisotopic (exact) mass is 304 g/mol. The van der Waals surface area contributed by atoms with Crippen LogP contribution in [0.3, 0.4) is 0 Å². The van der Waals surface area contributed by atoms with Crippen molar-refractivity contribution < 1.29 is 4.74 Å². The molecule has 92 valence electrons.